The summed E-state index contributed by atoms with van der Waals surface area (Å²) in [6.45, 7) is 4.90. The summed E-state index contributed by atoms with van der Waals surface area (Å²) >= 11 is 0. The van der Waals surface area contributed by atoms with E-state index in [2.05, 4.69) is 12.2 Å². The summed E-state index contributed by atoms with van der Waals surface area (Å²) in [7, 11) is -3.07. The molecule has 2 rings (SSSR count). The van der Waals surface area contributed by atoms with Gasteiger partial charge in [-0.25, -0.2) is 8.42 Å². The zero-order chi connectivity index (χ0) is 12.5. The van der Waals surface area contributed by atoms with E-state index in [4.69, 9.17) is 0 Å². The van der Waals surface area contributed by atoms with E-state index in [0.29, 0.717) is 4.90 Å². The van der Waals surface area contributed by atoms with E-state index >= 15 is 0 Å². The molecule has 3 nitrogen and oxygen atoms in total. The first-order valence-corrected chi connectivity index (χ1v) is 7.75. The van der Waals surface area contributed by atoms with Gasteiger partial charge in [-0.15, -0.1) is 0 Å². The highest BCUT2D eigenvalue weighted by molar-refractivity contribution is 7.91. The molecule has 1 aromatic rings. The summed E-state index contributed by atoms with van der Waals surface area (Å²) in [6.07, 6.45) is 1.30. The van der Waals surface area contributed by atoms with Crippen LogP contribution in [0.25, 0.3) is 0 Å². The number of rotatable bonds is 5. The second-order valence-electron chi connectivity index (χ2n) is 4.78. The van der Waals surface area contributed by atoms with E-state index in [0.717, 1.165) is 24.1 Å². The fraction of sp³-hybridized carbons (Fsp3) is 0.538. The van der Waals surface area contributed by atoms with Gasteiger partial charge < -0.3 is 5.32 Å². The van der Waals surface area contributed by atoms with Crippen molar-refractivity contribution in [2.24, 2.45) is 11.8 Å². The third-order valence-corrected chi connectivity index (χ3v) is 5.19. The Morgan fingerprint density at radius 2 is 1.88 bits per heavy atom. The van der Waals surface area contributed by atoms with Crippen LogP contribution in [0, 0.1) is 11.8 Å². The summed E-state index contributed by atoms with van der Waals surface area (Å²) in [6, 6.07) is 7.04. The Hall–Kier alpha value is -1.03. The van der Waals surface area contributed by atoms with Gasteiger partial charge in [0.05, 0.1) is 10.6 Å². The minimum absolute atomic E-state index is 0.152. The molecule has 4 heteroatoms. The maximum Gasteiger partial charge on any atom is 0.178 e. The normalized spacial score (nSPS) is 23.4. The lowest BCUT2D eigenvalue weighted by Gasteiger charge is -2.07. The van der Waals surface area contributed by atoms with Crippen LogP contribution >= 0.6 is 0 Å². The van der Waals surface area contributed by atoms with Gasteiger partial charge >= 0.3 is 0 Å². The zero-order valence-corrected chi connectivity index (χ0v) is 11.1. The Bertz CT molecular complexity index is 479. The average molecular weight is 253 g/mol. The fourth-order valence-corrected chi connectivity index (χ4v) is 2.76. The minimum atomic E-state index is -3.07. The van der Waals surface area contributed by atoms with Gasteiger partial charge in [-0.05, 0) is 42.5 Å². The van der Waals surface area contributed by atoms with Crippen LogP contribution in [0.15, 0.2) is 29.2 Å². The van der Waals surface area contributed by atoms with Crippen LogP contribution in [-0.4, -0.2) is 20.7 Å². The third-order valence-electron chi connectivity index (χ3n) is 3.44. The first-order chi connectivity index (χ1) is 8.03. The molecule has 0 spiro atoms. The maximum atomic E-state index is 11.6. The molecule has 94 valence electrons. The maximum absolute atomic E-state index is 11.6. The molecule has 1 saturated carbocycles. The van der Waals surface area contributed by atoms with Crippen molar-refractivity contribution in [3.8, 4) is 0 Å². The number of nitrogens with one attached hydrogen (secondary N) is 1. The minimum Gasteiger partial charge on any atom is -0.385 e. The highest BCUT2D eigenvalue weighted by Gasteiger charge is 2.31. The second kappa shape index (κ2) is 4.69. The lowest BCUT2D eigenvalue weighted by molar-refractivity contribution is 0.597. The van der Waals surface area contributed by atoms with E-state index in [-0.39, 0.29) is 5.75 Å². The van der Waals surface area contributed by atoms with Crippen LogP contribution in [0.5, 0.6) is 0 Å². The van der Waals surface area contributed by atoms with Crippen LogP contribution in [0.1, 0.15) is 20.3 Å². The standard InChI is InChI=1S/C13H19NO2S/c1-3-17(15,16)13-6-4-12(5-7-13)14-9-11-8-10(11)2/h4-7,10-11,14H,3,8-9H2,1-2H3. The van der Waals surface area contributed by atoms with Crippen molar-refractivity contribution < 1.29 is 8.42 Å². The van der Waals surface area contributed by atoms with E-state index in [1.807, 2.05) is 12.1 Å². The van der Waals surface area contributed by atoms with Gasteiger partial charge in [-0.1, -0.05) is 13.8 Å². The molecule has 17 heavy (non-hydrogen) atoms. The molecule has 0 amide bonds. The molecule has 0 bridgehead atoms. The number of hydrogen-bond donors (Lipinski definition) is 1. The van der Waals surface area contributed by atoms with Crippen molar-refractivity contribution in [1.29, 1.82) is 0 Å². The summed E-state index contributed by atoms with van der Waals surface area (Å²) in [4.78, 5) is 0.408. The summed E-state index contributed by atoms with van der Waals surface area (Å²) in [5.74, 6) is 1.77. The van der Waals surface area contributed by atoms with Crippen molar-refractivity contribution in [1.82, 2.24) is 0 Å². The van der Waals surface area contributed by atoms with E-state index in [1.165, 1.54) is 6.42 Å². The SMILES string of the molecule is CCS(=O)(=O)c1ccc(NCC2CC2C)cc1. The highest BCUT2D eigenvalue weighted by atomic mass is 32.2. The van der Waals surface area contributed by atoms with Crippen LogP contribution in [-0.2, 0) is 9.84 Å². The van der Waals surface area contributed by atoms with Gasteiger partial charge in [-0.3, -0.25) is 0 Å². The number of benzene rings is 1. The van der Waals surface area contributed by atoms with Crippen LogP contribution in [0.4, 0.5) is 5.69 Å². The Morgan fingerprint density at radius 3 is 2.35 bits per heavy atom. The topological polar surface area (TPSA) is 46.2 Å². The molecule has 0 radical (unpaired) electrons. The average Bonchev–Trinajstić information content (AvgIpc) is 3.03. The molecule has 1 fully saturated rings. The van der Waals surface area contributed by atoms with Crippen molar-refractivity contribution in [3.05, 3.63) is 24.3 Å². The molecule has 2 atom stereocenters. The van der Waals surface area contributed by atoms with Gasteiger partial charge in [0.2, 0.25) is 0 Å². The summed E-state index contributed by atoms with van der Waals surface area (Å²) in [5.41, 5.74) is 0.999. The smallest absolute Gasteiger partial charge is 0.178 e. The molecular weight excluding hydrogens is 234 g/mol. The van der Waals surface area contributed by atoms with Gasteiger partial charge in [0.25, 0.3) is 0 Å². The van der Waals surface area contributed by atoms with Crippen LogP contribution < -0.4 is 5.32 Å². The lowest BCUT2D eigenvalue weighted by Crippen LogP contribution is -2.06. The number of hydrogen-bond acceptors (Lipinski definition) is 3. The van der Waals surface area contributed by atoms with E-state index in [1.54, 1.807) is 19.1 Å². The van der Waals surface area contributed by atoms with Crippen molar-refractivity contribution in [2.75, 3.05) is 17.6 Å². The molecule has 1 aliphatic rings. The molecule has 0 heterocycles. The second-order valence-corrected chi connectivity index (χ2v) is 7.06. The predicted octanol–water partition coefficient (Wildman–Crippen LogP) is 2.55. The lowest BCUT2D eigenvalue weighted by atomic mass is 10.3. The van der Waals surface area contributed by atoms with Crippen molar-refractivity contribution >= 4 is 15.5 Å². The largest absolute Gasteiger partial charge is 0.385 e. The zero-order valence-electron chi connectivity index (χ0n) is 10.3. The summed E-state index contributed by atoms with van der Waals surface area (Å²) < 4.78 is 23.2. The molecule has 2 unspecified atom stereocenters. The Kier molecular flexibility index (Phi) is 3.43. The van der Waals surface area contributed by atoms with Crippen LogP contribution in [0.3, 0.4) is 0 Å². The van der Waals surface area contributed by atoms with Gasteiger partial charge in [0.15, 0.2) is 9.84 Å². The Labute approximate surface area is 103 Å². The summed E-state index contributed by atoms with van der Waals surface area (Å²) in [5, 5.41) is 3.34. The highest BCUT2D eigenvalue weighted by Crippen LogP contribution is 2.37. The first-order valence-electron chi connectivity index (χ1n) is 6.09. The van der Waals surface area contributed by atoms with Crippen molar-refractivity contribution in [3.63, 3.8) is 0 Å². The van der Waals surface area contributed by atoms with Gasteiger partial charge in [0.1, 0.15) is 0 Å². The molecule has 1 aromatic carbocycles. The molecule has 1 N–H and O–H groups in total. The number of sulfone groups is 1. The van der Waals surface area contributed by atoms with Gasteiger partial charge in [-0.2, -0.15) is 0 Å². The Balaban J connectivity index is 1.98. The third kappa shape index (κ3) is 3.00. The van der Waals surface area contributed by atoms with Gasteiger partial charge in [0, 0.05) is 12.2 Å². The fourth-order valence-electron chi connectivity index (χ4n) is 1.88. The first kappa shape index (κ1) is 12.4. The molecule has 0 aromatic heterocycles. The molecular formula is C13H19NO2S. The quantitative estimate of drug-likeness (QED) is 0.877. The van der Waals surface area contributed by atoms with Crippen molar-refractivity contribution in [2.45, 2.75) is 25.2 Å². The monoisotopic (exact) mass is 253 g/mol. The molecule has 0 saturated heterocycles. The predicted molar refractivity (Wildman–Crippen MR) is 69.9 cm³/mol. The molecule has 1 aliphatic carbocycles. The Morgan fingerprint density at radius 1 is 1.29 bits per heavy atom. The van der Waals surface area contributed by atoms with Crippen LogP contribution in [0.2, 0.25) is 0 Å². The number of anilines is 1. The van der Waals surface area contributed by atoms with E-state index < -0.39 is 9.84 Å². The van der Waals surface area contributed by atoms with E-state index in [9.17, 15) is 8.42 Å². The molecule has 0 aliphatic heterocycles.